The monoisotopic (exact) mass is 244 g/mol. The molecular formula is C14H9ClO2. The molecule has 0 aromatic heterocycles. The van der Waals surface area contributed by atoms with Crippen molar-refractivity contribution in [3.8, 4) is 11.5 Å². The summed E-state index contributed by atoms with van der Waals surface area (Å²) in [6, 6.07) is 12.4. The lowest BCUT2D eigenvalue weighted by Crippen LogP contribution is -1.81. The van der Waals surface area contributed by atoms with Crippen LogP contribution in [0.15, 0.2) is 42.5 Å². The Hall–Kier alpha value is -1.93. The third-order valence-electron chi connectivity index (χ3n) is 2.92. The van der Waals surface area contributed by atoms with Crippen molar-refractivity contribution in [1.82, 2.24) is 0 Å². The van der Waals surface area contributed by atoms with E-state index in [-0.39, 0.29) is 11.5 Å². The fourth-order valence-electron chi connectivity index (χ4n) is 2.10. The molecule has 3 aromatic carbocycles. The first-order chi connectivity index (χ1) is 8.18. The molecule has 0 fully saturated rings. The van der Waals surface area contributed by atoms with Crippen LogP contribution in [0.5, 0.6) is 11.5 Å². The third kappa shape index (κ3) is 1.41. The van der Waals surface area contributed by atoms with Crippen LogP contribution in [0.3, 0.4) is 0 Å². The molecule has 0 saturated carbocycles. The summed E-state index contributed by atoms with van der Waals surface area (Å²) in [5, 5.41) is 23.2. The van der Waals surface area contributed by atoms with Crippen LogP contribution >= 0.6 is 11.6 Å². The van der Waals surface area contributed by atoms with E-state index in [1.165, 1.54) is 6.07 Å². The number of hydrogen-bond acceptors (Lipinski definition) is 2. The summed E-state index contributed by atoms with van der Waals surface area (Å²) in [6.07, 6.45) is 0. The molecule has 3 rings (SSSR count). The van der Waals surface area contributed by atoms with E-state index in [2.05, 4.69) is 0 Å². The highest BCUT2D eigenvalue weighted by Gasteiger charge is 2.12. The molecule has 0 aliphatic heterocycles. The molecule has 0 heterocycles. The van der Waals surface area contributed by atoms with Gasteiger partial charge in [-0.1, -0.05) is 35.9 Å². The van der Waals surface area contributed by atoms with Gasteiger partial charge in [-0.2, -0.15) is 0 Å². The number of benzene rings is 3. The van der Waals surface area contributed by atoms with Crippen molar-refractivity contribution in [2.45, 2.75) is 0 Å². The van der Waals surface area contributed by atoms with E-state index in [0.29, 0.717) is 21.2 Å². The predicted molar refractivity (Wildman–Crippen MR) is 69.8 cm³/mol. The van der Waals surface area contributed by atoms with Crippen molar-refractivity contribution in [2.75, 3.05) is 0 Å². The second-order valence-corrected chi connectivity index (χ2v) is 4.34. The maximum Gasteiger partial charge on any atom is 0.135 e. The Bertz CT molecular complexity index is 735. The molecule has 2 N–H and O–H groups in total. The molecule has 0 saturated heterocycles. The number of phenolic OH excluding ortho intramolecular Hbond substituents is 2. The molecular weight excluding hydrogens is 236 g/mol. The summed E-state index contributed by atoms with van der Waals surface area (Å²) in [6.45, 7) is 0. The molecule has 3 aromatic rings. The van der Waals surface area contributed by atoms with Crippen LogP contribution in [0.25, 0.3) is 21.5 Å². The van der Waals surface area contributed by atoms with Crippen molar-refractivity contribution < 1.29 is 10.2 Å². The van der Waals surface area contributed by atoms with Gasteiger partial charge in [0.25, 0.3) is 0 Å². The van der Waals surface area contributed by atoms with Gasteiger partial charge >= 0.3 is 0 Å². The molecule has 0 radical (unpaired) electrons. The molecule has 0 bridgehead atoms. The van der Waals surface area contributed by atoms with Crippen molar-refractivity contribution in [3.63, 3.8) is 0 Å². The standard InChI is InChI=1S/C14H9ClO2/c15-11-5-6-12(16)13-10(11)7-8-3-1-2-4-9(8)14(13)17/h1-7,16-17H. The average Bonchev–Trinajstić information content (AvgIpc) is 2.34. The van der Waals surface area contributed by atoms with Gasteiger partial charge in [-0.05, 0) is 23.6 Å². The minimum Gasteiger partial charge on any atom is -0.507 e. The number of aromatic hydroxyl groups is 2. The first-order valence-corrected chi connectivity index (χ1v) is 5.58. The van der Waals surface area contributed by atoms with Crippen LogP contribution in [0.4, 0.5) is 0 Å². The van der Waals surface area contributed by atoms with Crippen LogP contribution in [0.1, 0.15) is 0 Å². The summed E-state index contributed by atoms with van der Waals surface area (Å²) < 4.78 is 0. The van der Waals surface area contributed by atoms with Gasteiger partial charge < -0.3 is 10.2 Å². The van der Waals surface area contributed by atoms with Gasteiger partial charge in [0.15, 0.2) is 0 Å². The Morgan fingerprint density at radius 1 is 0.882 bits per heavy atom. The van der Waals surface area contributed by atoms with Crippen LogP contribution in [0.2, 0.25) is 5.02 Å². The first kappa shape index (κ1) is 10.2. The van der Waals surface area contributed by atoms with Crippen molar-refractivity contribution in [3.05, 3.63) is 47.5 Å². The lowest BCUT2D eigenvalue weighted by molar-refractivity contribution is 0.467. The Morgan fingerprint density at radius 2 is 1.65 bits per heavy atom. The number of fused-ring (bicyclic) bond motifs is 2. The average molecular weight is 245 g/mol. The number of phenols is 2. The highest BCUT2D eigenvalue weighted by Crippen LogP contribution is 2.41. The lowest BCUT2D eigenvalue weighted by Gasteiger charge is -2.09. The fourth-order valence-corrected chi connectivity index (χ4v) is 2.31. The maximum absolute atomic E-state index is 10.2. The molecule has 0 aliphatic carbocycles. The molecule has 3 heteroatoms. The molecule has 0 amide bonds. The van der Waals surface area contributed by atoms with Gasteiger partial charge in [0.05, 0.1) is 5.39 Å². The first-order valence-electron chi connectivity index (χ1n) is 5.20. The molecule has 0 unspecified atom stereocenters. The number of halogens is 1. The smallest absolute Gasteiger partial charge is 0.135 e. The third-order valence-corrected chi connectivity index (χ3v) is 3.25. The Morgan fingerprint density at radius 3 is 2.47 bits per heavy atom. The quantitative estimate of drug-likeness (QED) is 0.586. The summed E-state index contributed by atoms with van der Waals surface area (Å²) in [7, 11) is 0. The summed E-state index contributed by atoms with van der Waals surface area (Å²) in [5.41, 5.74) is 0. The second-order valence-electron chi connectivity index (χ2n) is 3.94. The van der Waals surface area contributed by atoms with Crippen LogP contribution in [0, 0.1) is 0 Å². The molecule has 0 aliphatic rings. The van der Waals surface area contributed by atoms with E-state index in [1.54, 1.807) is 6.07 Å². The maximum atomic E-state index is 10.2. The van der Waals surface area contributed by atoms with Gasteiger partial charge in [0.1, 0.15) is 11.5 Å². The van der Waals surface area contributed by atoms with E-state index in [1.807, 2.05) is 30.3 Å². The van der Waals surface area contributed by atoms with Crippen molar-refractivity contribution >= 4 is 33.1 Å². The SMILES string of the molecule is Oc1ccc(Cl)c2cc3ccccc3c(O)c12. The van der Waals surface area contributed by atoms with E-state index in [4.69, 9.17) is 11.6 Å². The number of hydrogen-bond donors (Lipinski definition) is 2. The molecule has 17 heavy (non-hydrogen) atoms. The minimum absolute atomic E-state index is 0.0349. The molecule has 0 atom stereocenters. The normalized spacial score (nSPS) is 11.1. The van der Waals surface area contributed by atoms with E-state index >= 15 is 0 Å². The summed E-state index contributed by atoms with van der Waals surface area (Å²) in [5.74, 6) is 0.103. The second kappa shape index (κ2) is 3.54. The minimum atomic E-state index is 0.0349. The Labute approximate surface area is 103 Å². The zero-order chi connectivity index (χ0) is 12.0. The van der Waals surface area contributed by atoms with E-state index in [9.17, 15) is 10.2 Å². The predicted octanol–water partition coefficient (Wildman–Crippen LogP) is 4.06. The number of rotatable bonds is 0. The van der Waals surface area contributed by atoms with Gasteiger partial charge in [-0.25, -0.2) is 0 Å². The van der Waals surface area contributed by atoms with Crippen molar-refractivity contribution in [2.24, 2.45) is 0 Å². The highest BCUT2D eigenvalue weighted by atomic mass is 35.5. The van der Waals surface area contributed by atoms with Crippen LogP contribution < -0.4 is 0 Å². The van der Waals surface area contributed by atoms with E-state index < -0.39 is 0 Å². The fraction of sp³-hybridized carbons (Fsp3) is 0. The van der Waals surface area contributed by atoms with Gasteiger partial charge in [-0.15, -0.1) is 0 Å². The largest absolute Gasteiger partial charge is 0.507 e. The summed E-state index contributed by atoms with van der Waals surface area (Å²) in [4.78, 5) is 0. The van der Waals surface area contributed by atoms with Crippen molar-refractivity contribution in [1.29, 1.82) is 0 Å². The topological polar surface area (TPSA) is 40.5 Å². The Kier molecular flexibility index (Phi) is 2.13. The molecule has 0 spiro atoms. The molecule has 2 nitrogen and oxygen atoms in total. The van der Waals surface area contributed by atoms with E-state index in [0.717, 1.165) is 5.39 Å². The van der Waals surface area contributed by atoms with Gasteiger partial charge in [0.2, 0.25) is 0 Å². The van der Waals surface area contributed by atoms with Crippen LogP contribution in [-0.4, -0.2) is 10.2 Å². The highest BCUT2D eigenvalue weighted by molar-refractivity contribution is 6.36. The van der Waals surface area contributed by atoms with Gasteiger partial charge in [-0.3, -0.25) is 0 Å². The zero-order valence-corrected chi connectivity index (χ0v) is 9.57. The van der Waals surface area contributed by atoms with Crippen LogP contribution in [-0.2, 0) is 0 Å². The molecule has 84 valence electrons. The Balaban J connectivity index is 2.64. The summed E-state index contributed by atoms with van der Waals surface area (Å²) >= 11 is 6.08. The zero-order valence-electron chi connectivity index (χ0n) is 8.81. The van der Waals surface area contributed by atoms with Gasteiger partial charge in [0, 0.05) is 15.8 Å². The lowest BCUT2D eigenvalue weighted by atomic mass is 10.0.